The van der Waals surface area contributed by atoms with E-state index in [1.54, 1.807) is 0 Å². The van der Waals surface area contributed by atoms with Gasteiger partial charge < -0.3 is 16.2 Å². The molecule has 2 heterocycles. The lowest BCUT2D eigenvalue weighted by Gasteiger charge is -2.33. The average Bonchev–Trinajstić information content (AvgIpc) is 2.70. The van der Waals surface area contributed by atoms with E-state index in [0.717, 1.165) is 24.2 Å². The lowest BCUT2D eigenvalue weighted by molar-refractivity contribution is -0.0246. The number of fused-ring (bicyclic) bond motifs is 1. The van der Waals surface area contributed by atoms with Gasteiger partial charge in [-0.1, -0.05) is 0 Å². The molecule has 18 heavy (non-hydrogen) atoms. The molecule has 1 aliphatic carbocycles. The summed E-state index contributed by atoms with van der Waals surface area (Å²) < 4.78 is 7.65. The molecule has 96 valence electrons. The van der Waals surface area contributed by atoms with E-state index in [2.05, 4.69) is 10.2 Å². The van der Waals surface area contributed by atoms with Crippen LogP contribution in [-0.4, -0.2) is 26.7 Å². The molecule has 0 amide bonds. The van der Waals surface area contributed by atoms with Gasteiger partial charge in [0.1, 0.15) is 5.82 Å². The number of nitrogens with zero attached hydrogens (tertiary/aromatic N) is 3. The lowest BCUT2D eigenvalue weighted by Crippen LogP contribution is -2.45. The van der Waals surface area contributed by atoms with Crippen molar-refractivity contribution in [3.05, 3.63) is 23.7 Å². The summed E-state index contributed by atoms with van der Waals surface area (Å²) in [6.07, 6.45) is 4.25. The topological polar surface area (TPSA) is 91.5 Å². The Bertz CT molecular complexity index is 579. The summed E-state index contributed by atoms with van der Waals surface area (Å²) in [4.78, 5) is 0. The molecule has 0 radical (unpaired) electrons. The molecule has 0 aromatic carbocycles. The predicted molar refractivity (Wildman–Crippen MR) is 67.9 cm³/mol. The molecule has 0 unspecified atom stereocenters. The molecular formula is C12H17N5O. The second-order valence-corrected chi connectivity index (χ2v) is 4.84. The van der Waals surface area contributed by atoms with Gasteiger partial charge in [0, 0.05) is 12.2 Å². The maximum atomic E-state index is 5.95. The smallest absolute Gasteiger partial charge is 0.184 e. The number of ether oxygens (including phenoxy) is 1. The maximum absolute atomic E-state index is 5.95. The Morgan fingerprint density at radius 2 is 2.28 bits per heavy atom. The van der Waals surface area contributed by atoms with Crippen LogP contribution in [0.4, 0.5) is 5.69 Å². The zero-order valence-corrected chi connectivity index (χ0v) is 10.3. The number of aromatic nitrogens is 3. The molecule has 2 atom stereocenters. The molecule has 3 rings (SSSR count). The highest BCUT2D eigenvalue weighted by atomic mass is 16.5. The van der Waals surface area contributed by atoms with Gasteiger partial charge in [-0.05, 0) is 31.4 Å². The Hall–Kier alpha value is -1.66. The van der Waals surface area contributed by atoms with Crippen LogP contribution >= 0.6 is 0 Å². The van der Waals surface area contributed by atoms with Crippen LogP contribution in [0.25, 0.3) is 5.65 Å². The molecule has 1 fully saturated rings. The monoisotopic (exact) mass is 247 g/mol. The van der Waals surface area contributed by atoms with Crippen molar-refractivity contribution in [3.8, 4) is 0 Å². The van der Waals surface area contributed by atoms with Crippen molar-refractivity contribution in [2.24, 2.45) is 5.73 Å². The van der Waals surface area contributed by atoms with Gasteiger partial charge in [0.15, 0.2) is 5.65 Å². The largest absolute Gasteiger partial charge is 0.396 e. The number of nitrogens with two attached hydrogens (primary N) is 2. The number of aryl methyl sites for hydroxylation is 1. The Morgan fingerprint density at radius 3 is 2.94 bits per heavy atom. The summed E-state index contributed by atoms with van der Waals surface area (Å²) >= 11 is 0. The summed E-state index contributed by atoms with van der Waals surface area (Å²) in [7, 11) is 0. The van der Waals surface area contributed by atoms with Crippen LogP contribution in [0.15, 0.2) is 12.3 Å². The zero-order valence-electron chi connectivity index (χ0n) is 10.3. The molecule has 6 heteroatoms. The van der Waals surface area contributed by atoms with Crippen molar-refractivity contribution in [1.82, 2.24) is 14.6 Å². The minimum atomic E-state index is 0.183. The van der Waals surface area contributed by atoms with Gasteiger partial charge in [0.2, 0.25) is 0 Å². The average molecular weight is 247 g/mol. The van der Waals surface area contributed by atoms with Crippen LogP contribution in [0.1, 0.15) is 24.2 Å². The summed E-state index contributed by atoms with van der Waals surface area (Å²) in [5, 5.41) is 8.03. The Kier molecular flexibility index (Phi) is 2.68. The van der Waals surface area contributed by atoms with Crippen molar-refractivity contribution in [1.29, 1.82) is 0 Å². The molecule has 0 saturated heterocycles. The lowest BCUT2D eigenvalue weighted by atomic mass is 9.90. The standard InChI is InChI=1S/C12H17N5O/c1-7-15-16-12-10(14)4-8(5-17(7)12)6-18-11-3-2-9(11)13/h4-5,9,11H,2-3,6,13-14H2,1H3/t9-,11-/m1/s1. The van der Waals surface area contributed by atoms with Crippen LogP contribution in [0, 0.1) is 6.92 Å². The van der Waals surface area contributed by atoms with Gasteiger partial charge >= 0.3 is 0 Å². The van der Waals surface area contributed by atoms with Crippen LogP contribution in [-0.2, 0) is 11.3 Å². The molecule has 0 bridgehead atoms. The molecular weight excluding hydrogens is 230 g/mol. The van der Waals surface area contributed by atoms with E-state index >= 15 is 0 Å². The molecule has 4 N–H and O–H groups in total. The second kappa shape index (κ2) is 4.22. The molecule has 0 aliphatic heterocycles. The fourth-order valence-electron chi connectivity index (χ4n) is 2.17. The van der Waals surface area contributed by atoms with E-state index in [1.807, 2.05) is 23.6 Å². The summed E-state index contributed by atoms with van der Waals surface area (Å²) in [6, 6.07) is 2.07. The molecule has 2 aromatic rings. The van der Waals surface area contributed by atoms with E-state index in [9.17, 15) is 0 Å². The first-order valence-electron chi connectivity index (χ1n) is 6.12. The van der Waals surface area contributed by atoms with Crippen molar-refractivity contribution in [2.45, 2.75) is 38.5 Å². The first-order valence-corrected chi connectivity index (χ1v) is 6.12. The number of hydrogen-bond donors (Lipinski definition) is 2. The van der Waals surface area contributed by atoms with Crippen molar-refractivity contribution < 1.29 is 4.74 Å². The first kappa shape index (κ1) is 11.4. The van der Waals surface area contributed by atoms with Crippen molar-refractivity contribution in [3.63, 3.8) is 0 Å². The third kappa shape index (κ3) is 1.83. The summed E-state index contributed by atoms with van der Waals surface area (Å²) in [5.41, 5.74) is 14.1. The number of anilines is 1. The third-order valence-electron chi connectivity index (χ3n) is 3.49. The molecule has 6 nitrogen and oxygen atoms in total. The van der Waals surface area contributed by atoms with Gasteiger partial charge in [0.05, 0.1) is 18.4 Å². The van der Waals surface area contributed by atoms with Crippen molar-refractivity contribution >= 4 is 11.3 Å². The number of rotatable bonds is 3. The van der Waals surface area contributed by atoms with Gasteiger partial charge in [-0.2, -0.15) is 0 Å². The Morgan fingerprint density at radius 1 is 1.44 bits per heavy atom. The number of hydrogen-bond acceptors (Lipinski definition) is 5. The van der Waals surface area contributed by atoms with E-state index in [-0.39, 0.29) is 12.1 Å². The molecule has 2 aromatic heterocycles. The summed E-state index contributed by atoms with van der Waals surface area (Å²) in [5.74, 6) is 0.818. The van der Waals surface area contributed by atoms with E-state index in [0.29, 0.717) is 17.9 Å². The minimum absolute atomic E-state index is 0.183. The van der Waals surface area contributed by atoms with Gasteiger partial charge in [0.25, 0.3) is 0 Å². The van der Waals surface area contributed by atoms with E-state index in [1.165, 1.54) is 0 Å². The maximum Gasteiger partial charge on any atom is 0.184 e. The zero-order chi connectivity index (χ0) is 12.7. The predicted octanol–water partition coefficient (Wildman–Crippen LogP) is 0.626. The van der Waals surface area contributed by atoms with E-state index in [4.69, 9.17) is 16.2 Å². The fourth-order valence-corrected chi connectivity index (χ4v) is 2.17. The normalized spacial score (nSPS) is 23.2. The van der Waals surface area contributed by atoms with Gasteiger partial charge in [-0.15, -0.1) is 10.2 Å². The van der Waals surface area contributed by atoms with Crippen LogP contribution in [0.3, 0.4) is 0 Å². The van der Waals surface area contributed by atoms with Crippen molar-refractivity contribution in [2.75, 3.05) is 5.73 Å². The van der Waals surface area contributed by atoms with Crippen LogP contribution < -0.4 is 11.5 Å². The highest BCUT2D eigenvalue weighted by molar-refractivity contribution is 5.65. The Labute approximate surface area is 105 Å². The SMILES string of the molecule is Cc1nnc2c(N)cc(CO[C@@H]3CC[C@H]3N)cn12. The second-order valence-electron chi connectivity index (χ2n) is 4.84. The molecule has 0 spiro atoms. The van der Waals surface area contributed by atoms with Gasteiger partial charge in [-0.3, -0.25) is 4.40 Å². The highest BCUT2D eigenvalue weighted by Crippen LogP contribution is 2.23. The van der Waals surface area contributed by atoms with Crippen LogP contribution in [0.5, 0.6) is 0 Å². The highest BCUT2D eigenvalue weighted by Gasteiger charge is 2.28. The Balaban J connectivity index is 1.81. The van der Waals surface area contributed by atoms with E-state index < -0.39 is 0 Å². The number of nitrogen functional groups attached to an aromatic ring is 1. The molecule has 1 aliphatic rings. The summed E-state index contributed by atoms with van der Waals surface area (Å²) in [6.45, 7) is 2.42. The first-order chi connectivity index (χ1) is 8.65. The fraction of sp³-hybridized carbons (Fsp3) is 0.500. The quantitative estimate of drug-likeness (QED) is 0.829. The van der Waals surface area contributed by atoms with Gasteiger partial charge in [-0.25, -0.2) is 0 Å². The molecule has 1 saturated carbocycles. The minimum Gasteiger partial charge on any atom is -0.396 e. The number of pyridine rings is 1. The van der Waals surface area contributed by atoms with Crippen LogP contribution in [0.2, 0.25) is 0 Å². The third-order valence-corrected chi connectivity index (χ3v) is 3.49.